The maximum Gasteiger partial charge on any atom is 0.162 e. The number of nitrogens with zero attached hydrogens (tertiary/aromatic N) is 3. The first-order valence-corrected chi connectivity index (χ1v) is 6.39. The Bertz CT molecular complexity index is 802. The smallest absolute Gasteiger partial charge is 0.162 e. The summed E-state index contributed by atoms with van der Waals surface area (Å²) in [6.45, 7) is 5.62. The molecule has 0 aliphatic rings. The number of carbonyl (C=O) groups excluding carboxylic acids is 1. The molecule has 0 aliphatic heterocycles. The van der Waals surface area contributed by atoms with Gasteiger partial charge in [0.25, 0.3) is 0 Å². The summed E-state index contributed by atoms with van der Waals surface area (Å²) in [7, 11) is 0. The molecule has 0 bridgehead atoms. The van der Waals surface area contributed by atoms with Crippen LogP contribution in [-0.4, -0.2) is 20.2 Å². The van der Waals surface area contributed by atoms with Crippen molar-refractivity contribution in [3.8, 4) is 0 Å². The third kappa shape index (κ3) is 1.71. The lowest BCUT2D eigenvalue weighted by molar-refractivity contribution is 0.101. The number of fused-ring (bicyclic) bond motifs is 3. The Kier molecular flexibility index (Phi) is 2.59. The van der Waals surface area contributed by atoms with E-state index in [0.29, 0.717) is 5.56 Å². The molecule has 1 aromatic carbocycles. The summed E-state index contributed by atoms with van der Waals surface area (Å²) < 4.78 is 1.99. The number of rotatable bonds is 2. The Hall–Kier alpha value is -2.23. The van der Waals surface area contributed by atoms with Gasteiger partial charge < -0.3 is 0 Å². The second-order valence-electron chi connectivity index (χ2n) is 4.77. The first-order valence-electron chi connectivity index (χ1n) is 6.39. The zero-order chi connectivity index (χ0) is 13.6. The molecule has 0 spiro atoms. The molecule has 3 rings (SSSR count). The molecule has 3 aromatic rings. The van der Waals surface area contributed by atoms with Gasteiger partial charge in [-0.05, 0) is 31.5 Å². The van der Waals surface area contributed by atoms with E-state index in [0.717, 1.165) is 34.4 Å². The molecular weight excluding hydrogens is 238 g/mol. The number of hydrogen-bond acceptors (Lipinski definition) is 3. The number of aromatic nitrogens is 3. The van der Waals surface area contributed by atoms with Gasteiger partial charge in [0.15, 0.2) is 5.78 Å². The summed E-state index contributed by atoms with van der Waals surface area (Å²) in [5.41, 5.74) is 3.35. The molecule has 0 aliphatic carbocycles. The number of benzene rings is 1. The second kappa shape index (κ2) is 4.16. The molecule has 0 N–H and O–H groups in total. The van der Waals surface area contributed by atoms with Gasteiger partial charge >= 0.3 is 0 Å². The monoisotopic (exact) mass is 253 g/mol. The zero-order valence-electron chi connectivity index (χ0n) is 11.3. The van der Waals surface area contributed by atoms with Crippen LogP contribution in [0.3, 0.4) is 0 Å². The summed E-state index contributed by atoms with van der Waals surface area (Å²) in [6, 6.07) is 3.94. The second-order valence-corrected chi connectivity index (χ2v) is 4.77. The van der Waals surface area contributed by atoms with Gasteiger partial charge in [0.1, 0.15) is 11.5 Å². The lowest BCUT2D eigenvalue weighted by Gasteiger charge is -2.09. The number of carbonyl (C=O) groups is 1. The minimum absolute atomic E-state index is 0.0409. The van der Waals surface area contributed by atoms with Crippen molar-refractivity contribution in [2.45, 2.75) is 27.2 Å². The van der Waals surface area contributed by atoms with Crippen LogP contribution >= 0.6 is 0 Å². The summed E-state index contributed by atoms with van der Waals surface area (Å²) in [5, 5.41) is 0.937. The van der Waals surface area contributed by atoms with E-state index in [1.54, 1.807) is 13.1 Å². The Morgan fingerprint density at radius 1 is 1.37 bits per heavy atom. The van der Waals surface area contributed by atoms with E-state index in [-0.39, 0.29) is 5.78 Å². The molecule has 0 unspecified atom stereocenters. The quantitative estimate of drug-likeness (QED) is 0.660. The fraction of sp³-hybridized carbons (Fsp3) is 0.267. The van der Waals surface area contributed by atoms with Gasteiger partial charge in [0, 0.05) is 29.8 Å². The standard InChI is InChI=1S/C15H15N3O/c1-4-13-17-14-11(10(3)19)7-9(2)8-12(14)15-16-5-6-18(13)15/h5-8H,4H2,1-3H3. The summed E-state index contributed by atoms with van der Waals surface area (Å²) >= 11 is 0. The van der Waals surface area contributed by atoms with Crippen LogP contribution in [-0.2, 0) is 6.42 Å². The van der Waals surface area contributed by atoms with Crippen molar-refractivity contribution in [1.29, 1.82) is 0 Å². The molecule has 4 nitrogen and oxygen atoms in total. The van der Waals surface area contributed by atoms with Gasteiger partial charge in [-0.1, -0.05) is 6.92 Å². The van der Waals surface area contributed by atoms with Gasteiger partial charge in [-0.15, -0.1) is 0 Å². The highest BCUT2D eigenvalue weighted by Gasteiger charge is 2.14. The molecule has 0 radical (unpaired) electrons. The van der Waals surface area contributed by atoms with E-state index in [1.807, 2.05) is 29.7 Å². The summed E-state index contributed by atoms with van der Waals surface area (Å²) in [5.74, 6) is 0.963. The van der Waals surface area contributed by atoms with Gasteiger partial charge in [0.2, 0.25) is 0 Å². The molecule has 0 saturated heterocycles. The molecule has 4 heteroatoms. The number of imidazole rings is 1. The predicted octanol–water partition coefficient (Wildman–Crippen LogP) is 2.96. The lowest BCUT2D eigenvalue weighted by atomic mass is 10.0. The highest BCUT2D eigenvalue weighted by atomic mass is 16.1. The van der Waals surface area contributed by atoms with Crippen LogP contribution in [0.5, 0.6) is 0 Å². The van der Waals surface area contributed by atoms with E-state index < -0.39 is 0 Å². The lowest BCUT2D eigenvalue weighted by Crippen LogP contribution is -2.04. The van der Waals surface area contributed by atoms with Crippen molar-refractivity contribution in [3.63, 3.8) is 0 Å². The minimum atomic E-state index is 0.0409. The number of Topliss-reactive ketones (excluding diaryl/α,β-unsaturated/α-hetero) is 1. The first kappa shape index (κ1) is 11.8. The van der Waals surface area contributed by atoms with Crippen molar-refractivity contribution >= 4 is 22.3 Å². The largest absolute Gasteiger partial charge is 0.294 e. The molecule has 2 aromatic heterocycles. The Morgan fingerprint density at radius 2 is 2.16 bits per heavy atom. The molecule has 0 atom stereocenters. The maximum absolute atomic E-state index is 11.8. The van der Waals surface area contributed by atoms with Crippen LogP contribution in [0.2, 0.25) is 0 Å². The van der Waals surface area contributed by atoms with Crippen molar-refractivity contribution in [2.75, 3.05) is 0 Å². The third-order valence-electron chi connectivity index (χ3n) is 3.35. The van der Waals surface area contributed by atoms with Crippen LogP contribution in [0.4, 0.5) is 0 Å². The van der Waals surface area contributed by atoms with E-state index in [1.165, 1.54) is 0 Å². The van der Waals surface area contributed by atoms with Crippen LogP contribution in [0, 0.1) is 6.92 Å². The fourth-order valence-corrected chi connectivity index (χ4v) is 2.48. The van der Waals surface area contributed by atoms with Crippen LogP contribution in [0.1, 0.15) is 35.6 Å². The summed E-state index contributed by atoms with van der Waals surface area (Å²) in [6.07, 6.45) is 4.48. The maximum atomic E-state index is 11.8. The highest BCUT2D eigenvalue weighted by molar-refractivity contribution is 6.08. The number of aryl methyl sites for hydroxylation is 2. The molecule has 96 valence electrons. The van der Waals surface area contributed by atoms with Gasteiger partial charge in [-0.3, -0.25) is 9.20 Å². The highest BCUT2D eigenvalue weighted by Crippen LogP contribution is 2.24. The van der Waals surface area contributed by atoms with Crippen LogP contribution < -0.4 is 0 Å². The van der Waals surface area contributed by atoms with Crippen molar-refractivity contribution < 1.29 is 4.79 Å². The Morgan fingerprint density at radius 3 is 2.84 bits per heavy atom. The Balaban J connectivity index is 2.56. The summed E-state index contributed by atoms with van der Waals surface area (Å²) in [4.78, 5) is 20.9. The molecule has 19 heavy (non-hydrogen) atoms. The van der Waals surface area contributed by atoms with Crippen molar-refractivity contribution in [1.82, 2.24) is 14.4 Å². The van der Waals surface area contributed by atoms with Gasteiger partial charge in [0.05, 0.1) is 5.52 Å². The molecule has 0 amide bonds. The SMILES string of the molecule is CCc1nc2c(C(C)=O)cc(C)cc2c2nccn12. The average molecular weight is 253 g/mol. The van der Waals surface area contributed by atoms with E-state index >= 15 is 0 Å². The number of ketones is 1. The van der Waals surface area contributed by atoms with E-state index in [4.69, 9.17) is 0 Å². The molecule has 0 fully saturated rings. The van der Waals surface area contributed by atoms with E-state index in [9.17, 15) is 4.79 Å². The normalized spacial score (nSPS) is 11.3. The minimum Gasteiger partial charge on any atom is -0.294 e. The zero-order valence-corrected chi connectivity index (χ0v) is 11.3. The van der Waals surface area contributed by atoms with Gasteiger partial charge in [-0.25, -0.2) is 9.97 Å². The van der Waals surface area contributed by atoms with Gasteiger partial charge in [-0.2, -0.15) is 0 Å². The third-order valence-corrected chi connectivity index (χ3v) is 3.35. The predicted molar refractivity (Wildman–Crippen MR) is 74.6 cm³/mol. The topological polar surface area (TPSA) is 47.3 Å². The van der Waals surface area contributed by atoms with Crippen LogP contribution in [0.15, 0.2) is 24.5 Å². The fourth-order valence-electron chi connectivity index (χ4n) is 2.48. The molecular formula is C15H15N3O. The first-order chi connectivity index (χ1) is 9.11. The van der Waals surface area contributed by atoms with E-state index in [2.05, 4.69) is 16.9 Å². The molecule has 0 saturated carbocycles. The number of hydrogen-bond donors (Lipinski definition) is 0. The van der Waals surface area contributed by atoms with Crippen molar-refractivity contribution in [2.24, 2.45) is 0 Å². The average Bonchev–Trinajstić information content (AvgIpc) is 2.86. The van der Waals surface area contributed by atoms with Crippen LogP contribution in [0.25, 0.3) is 16.6 Å². The van der Waals surface area contributed by atoms with Crippen molar-refractivity contribution in [3.05, 3.63) is 41.5 Å². The Labute approximate surface area is 111 Å². The molecule has 2 heterocycles.